The van der Waals surface area contributed by atoms with Crippen molar-refractivity contribution in [2.45, 2.75) is 35.0 Å². The summed E-state index contributed by atoms with van der Waals surface area (Å²) in [5.41, 5.74) is 6.14. The predicted molar refractivity (Wildman–Crippen MR) is 72.2 cm³/mol. The zero-order valence-corrected chi connectivity index (χ0v) is 11.5. The standard InChI is InChI=1S/C13H18N2O3S/c14-11-8-15-4-1-12(11)19(16)10-2-5-18-13(7-10)3-6-17-9-13/h1,4,8,10H,2-3,5-7,9,14H2. The van der Waals surface area contributed by atoms with E-state index in [0.717, 1.165) is 25.9 Å². The van der Waals surface area contributed by atoms with Gasteiger partial charge in [-0.25, -0.2) is 0 Å². The Morgan fingerprint density at radius 2 is 2.37 bits per heavy atom. The van der Waals surface area contributed by atoms with Crippen LogP contribution in [0.1, 0.15) is 19.3 Å². The Morgan fingerprint density at radius 1 is 1.47 bits per heavy atom. The van der Waals surface area contributed by atoms with Crippen LogP contribution in [0.5, 0.6) is 0 Å². The molecule has 0 bridgehead atoms. The molecule has 0 saturated carbocycles. The quantitative estimate of drug-likeness (QED) is 0.879. The zero-order chi connectivity index (χ0) is 13.3. The minimum absolute atomic E-state index is 0.0835. The van der Waals surface area contributed by atoms with Crippen molar-refractivity contribution in [1.29, 1.82) is 0 Å². The van der Waals surface area contributed by atoms with Gasteiger partial charge in [0.2, 0.25) is 0 Å². The molecule has 3 heterocycles. The Kier molecular flexibility index (Phi) is 3.56. The van der Waals surface area contributed by atoms with Gasteiger partial charge < -0.3 is 15.2 Å². The van der Waals surface area contributed by atoms with Crippen molar-refractivity contribution in [1.82, 2.24) is 4.98 Å². The molecule has 2 fully saturated rings. The summed E-state index contributed by atoms with van der Waals surface area (Å²) in [7, 11) is -1.10. The normalized spacial score (nSPS) is 32.5. The van der Waals surface area contributed by atoms with Crippen LogP contribution in [-0.4, -0.2) is 39.9 Å². The summed E-state index contributed by atoms with van der Waals surface area (Å²) >= 11 is 0. The first kappa shape index (κ1) is 13.0. The molecule has 5 nitrogen and oxygen atoms in total. The minimum Gasteiger partial charge on any atom is -0.396 e. The van der Waals surface area contributed by atoms with Crippen LogP contribution in [0, 0.1) is 0 Å². The number of hydrogen-bond acceptors (Lipinski definition) is 5. The van der Waals surface area contributed by atoms with E-state index in [1.807, 2.05) is 0 Å². The Morgan fingerprint density at radius 3 is 3.11 bits per heavy atom. The number of pyridine rings is 1. The first-order valence-corrected chi connectivity index (χ1v) is 7.73. The number of anilines is 1. The van der Waals surface area contributed by atoms with Crippen LogP contribution in [0.25, 0.3) is 0 Å². The highest BCUT2D eigenvalue weighted by atomic mass is 32.2. The average Bonchev–Trinajstić information content (AvgIpc) is 2.86. The second kappa shape index (κ2) is 5.19. The number of aromatic nitrogens is 1. The molecule has 1 aromatic heterocycles. The Bertz CT molecular complexity index is 489. The molecule has 0 aliphatic carbocycles. The van der Waals surface area contributed by atoms with Crippen molar-refractivity contribution in [3.63, 3.8) is 0 Å². The molecule has 1 aromatic rings. The lowest BCUT2D eigenvalue weighted by Gasteiger charge is -2.36. The van der Waals surface area contributed by atoms with Gasteiger partial charge in [-0.1, -0.05) is 0 Å². The van der Waals surface area contributed by atoms with Crippen LogP contribution >= 0.6 is 0 Å². The van der Waals surface area contributed by atoms with Crippen LogP contribution in [0.15, 0.2) is 23.4 Å². The third kappa shape index (κ3) is 2.52. The number of ether oxygens (including phenoxy) is 2. The molecule has 0 radical (unpaired) electrons. The number of nitrogens with two attached hydrogens (primary N) is 1. The molecule has 19 heavy (non-hydrogen) atoms. The fourth-order valence-corrected chi connectivity index (χ4v) is 4.39. The van der Waals surface area contributed by atoms with Crippen molar-refractivity contribution < 1.29 is 13.7 Å². The van der Waals surface area contributed by atoms with Crippen molar-refractivity contribution in [2.24, 2.45) is 0 Å². The van der Waals surface area contributed by atoms with E-state index in [4.69, 9.17) is 15.2 Å². The highest BCUT2D eigenvalue weighted by Crippen LogP contribution is 2.36. The smallest absolute Gasteiger partial charge is 0.0948 e. The maximum absolute atomic E-state index is 12.7. The topological polar surface area (TPSA) is 74.4 Å². The lowest BCUT2D eigenvalue weighted by atomic mass is 9.93. The number of nitrogens with zero attached hydrogens (tertiary/aromatic N) is 1. The highest BCUT2D eigenvalue weighted by molar-refractivity contribution is 7.85. The number of nitrogen functional groups attached to an aromatic ring is 1. The molecule has 2 aliphatic heterocycles. The van der Waals surface area contributed by atoms with Crippen LogP contribution in [0.3, 0.4) is 0 Å². The van der Waals surface area contributed by atoms with Crippen LogP contribution in [0.2, 0.25) is 0 Å². The molecule has 0 aromatic carbocycles. The Hall–Kier alpha value is -0.980. The summed E-state index contributed by atoms with van der Waals surface area (Å²) in [5.74, 6) is 0. The summed E-state index contributed by atoms with van der Waals surface area (Å²) in [6.45, 7) is 1.99. The first-order valence-electron chi connectivity index (χ1n) is 6.52. The second-order valence-corrected chi connectivity index (χ2v) is 6.86. The molecule has 0 amide bonds. The third-order valence-electron chi connectivity index (χ3n) is 3.84. The molecular weight excluding hydrogens is 264 g/mol. The van der Waals surface area contributed by atoms with Crippen molar-refractivity contribution in [2.75, 3.05) is 25.6 Å². The number of hydrogen-bond donors (Lipinski definition) is 1. The van der Waals surface area contributed by atoms with E-state index in [0.29, 0.717) is 23.8 Å². The van der Waals surface area contributed by atoms with Gasteiger partial charge in [-0.15, -0.1) is 0 Å². The molecule has 1 spiro atoms. The van der Waals surface area contributed by atoms with Gasteiger partial charge in [-0.2, -0.15) is 0 Å². The van der Waals surface area contributed by atoms with Crippen molar-refractivity contribution in [3.8, 4) is 0 Å². The summed E-state index contributed by atoms with van der Waals surface area (Å²) < 4.78 is 24.0. The lowest BCUT2D eigenvalue weighted by molar-refractivity contribution is -0.0774. The molecule has 2 saturated heterocycles. The zero-order valence-electron chi connectivity index (χ0n) is 10.7. The van der Waals surface area contributed by atoms with E-state index in [2.05, 4.69) is 4.98 Å². The molecular formula is C13H18N2O3S. The fourth-order valence-electron chi connectivity index (χ4n) is 2.79. The summed E-state index contributed by atoms with van der Waals surface area (Å²) in [6.07, 6.45) is 5.67. The van der Waals surface area contributed by atoms with Gasteiger partial charge in [0.05, 0.1) is 39.8 Å². The molecule has 3 unspecified atom stereocenters. The maximum Gasteiger partial charge on any atom is 0.0948 e. The van der Waals surface area contributed by atoms with E-state index in [1.165, 1.54) is 0 Å². The molecule has 2 aliphatic rings. The average molecular weight is 282 g/mol. The van der Waals surface area contributed by atoms with Crippen molar-refractivity contribution in [3.05, 3.63) is 18.5 Å². The van der Waals surface area contributed by atoms with Gasteiger partial charge in [0.1, 0.15) is 0 Å². The minimum atomic E-state index is -1.10. The van der Waals surface area contributed by atoms with E-state index in [-0.39, 0.29) is 10.9 Å². The second-order valence-electron chi connectivity index (χ2n) is 5.16. The van der Waals surface area contributed by atoms with E-state index >= 15 is 0 Å². The largest absolute Gasteiger partial charge is 0.396 e. The van der Waals surface area contributed by atoms with Gasteiger partial charge >= 0.3 is 0 Å². The van der Waals surface area contributed by atoms with Crippen molar-refractivity contribution >= 4 is 16.5 Å². The monoisotopic (exact) mass is 282 g/mol. The third-order valence-corrected chi connectivity index (χ3v) is 5.66. The Balaban J connectivity index is 1.78. The van der Waals surface area contributed by atoms with Gasteiger partial charge in [-0.05, 0) is 18.9 Å². The fraction of sp³-hybridized carbons (Fsp3) is 0.615. The highest BCUT2D eigenvalue weighted by Gasteiger charge is 2.42. The summed E-state index contributed by atoms with van der Waals surface area (Å²) in [5, 5.41) is 0.0835. The van der Waals surface area contributed by atoms with E-state index in [1.54, 1.807) is 18.5 Å². The lowest BCUT2D eigenvalue weighted by Crippen LogP contribution is -2.43. The SMILES string of the molecule is Nc1cnccc1S(=O)C1CCOC2(CCOC2)C1. The van der Waals surface area contributed by atoms with Crippen LogP contribution in [0.4, 0.5) is 5.69 Å². The van der Waals surface area contributed by atoms with Gasteiger partial charge in [-0.3, -0.25) is 9.19 Å². The van der Waals surface area contributed by atoms with Crippen LogP contribution in [-0.2, 0) is 20.3 Å². The van der Waals surface area contributed by atoms with Crippen LogP contribution < -0.4 is 5.73 Å². The molecule has 3 atom stereocenters. The predicted octanol–water partition coefficient (Wildman–Crippen LogP) is 1.11. The van der Waals surface area contributed by atoms with E-state index in [9.17, 15) is 4.21 Å². The molecule has 3 rings (SSSR count). The maximum atomic E-state index is 12.7. The van der Waals surface area contributed by atoms with E-state index < -0.39 is 10.8 Å². The molecule has 104 valence electrons. The summed E-state index contributed by atoms with van der Waals surface area (Å²) in [4.78, 5) is 4.63. The molecule has 6 heteroatoms. The van der Waals surface area contributed by atoms with Gasteiger partial charge in [0.15, 0.2) is 0 Å². The number of rotatable bonds is 2. The van der Waals surface area contributed by atoms with Gasteiger partial charge in [0, 0.05) is 31.1 Å². The Labute approximate surface area is 115 Å². The summed E-state index contributed by atoms with van der Waals surface area (Å²) in [6, 6.07) is 1.75. The van der Waals surface area contributed by atoms with Gasteiger partial charge in [0.25, 0.3) is 0 Å². The molecule has 2 N–H and O–H groups in total. The first-order chi connectivity index (χ1) is 9.20.